The molecule has 0 unspecified atom stereocenters. The van der Waals surface area contributed by atoms with Gasteiger partial charge in [-0.2, -0.15) is 0 Å². The predicted molar refractivity (Wildman–Crippen MR) is 54.1 cm³/mol. The number of nitrogens with one attached hydrogen (secondary N) is 1. The minimum absolute atomic E-state index is 0.340. The Bertz CT molecular complexity index is 186. The SMILES string of the molecule is CC1(CNC2CCC(F)CC2)COC1. The molecule has 2 nitrogen and oxygen atoms in total. The van der Waals surface area contributed by atoms with Crippen molar-refractivity contribution in [1.29, 1.82) is 0 Å². The first kappa shape index (κ1) is 10.4. The zero-order valence-corrected chi connectivity index (χ0v) is 8.89. The zero-order valence-electron chi connectivity index (χ0n) is 8.89. The highest BCUT2D eigenvalue weighted by atomic mass is 19.1. The molecule has 0 bridgehead atoms. The van der Waals surface area contributed by atoms with Gasteiger partial charge in [0.1, 0.15) is 6.17 Å². The fourth-order valence-electron chi connectivity index (χ4n) is 2.20. The number of halogens is 1. The highest BCUT2D eigenvalue weighted by molar-refractivity contribution is 4.86. The molecule has 1 aliphatic carbocycles. The summed E-state index contributed by atoms with van der Waals surface area (Å²) in [6.45, 7) is 5.01. The van der Waals surface area contributed by atoms with Gasteiger partial charge in [0, 0.05) is 18.0 Å². The Hall–Kier alpha value is -0.150. The maximum atomic E-state index is 12.9. The lowest BCUT2D eigenvalue weighted by atomic mass is 9.87. The summed E-state index contributed by atoms with van der Waals surface area (Å²) in [5.74, 6) is 0. The molecule has 1 aliphatic heterocycles. The molecule has 2 rings (SSSR count). The van der Waals surface area contributed by atoms with E-state index in [4.69, 9.17) is 4.74 Å². The van der Waals surface area contributed by atoms with Crippen molar-refractivity contribution < 1.29 is 9.13 Å². The fourth-order valence-corrected chi connectivity index (χ4v) is 2.20. The Balaban J connectivity index is 1.65. The summed E-state index contributed by atoms with van der Waals surface area (Å²) in [6.07, 6.45) is 2.93. The molecule has 14 heavy (non-hydrogen) atoms. The van der Waals surface area contributed by atoms with Crippen LogP contribution in [-0.4, -0.2) is 32.0 Å². The van der Waals surface area contributed by atoms with Gasteiger partial charge in [-0.05, 0) is 25.7 Å². The summed E-state index contributed by atoms with van der Waals surface area (Å²) < 4.78 is 18.1. The van der Waals surface area contributed by atoms with Crippen molar-refractivity contribution >= 4 is 0 Å². The third kappa shape index (κ3) is 2.45. The quantitative estimate of drug-likeness (QED) is 0.753. The maximum Gasteiger partial charge on any atom is 0.100 e. The van der Waals surface area contributed by atoms with E-state index in [0.29, 0.717) is 11.5 Å². The van der Waals surface area contributed by atoms with Crippen LogP contribution >= 0.6 is 0 Å². The second-order valence-electron chi connectivity index (χ2n) is 5.13. The second-order valence-corrected chi connectivity index (χ2v) is 5.13. The molecule has 82 valence electrons. The van der Waals surface area contributed by atoms with E-state index in [0.717, 1.165) is 45.4 Å². The smallest absolute Gasteiger partial charge is 0.100 e. The summed E-state index contributed by atoms with van der Waals surface area (Å²) in [4.78, 5) is 0. The zero-order chi connectivity index (χ0) is 10.0. The molecule has 0 radical (unpaired) electrons. The molecule has 1 N–H and O–H groups in total. The van der Waals surface area contributed by atoms with Crippen LogP contribution in [0, 0.1) is 5.41 Å². The van der Waals surface area contributed by atoms with Crippen LogP contribution < -0.4 is 5.32 Å². The molecule has 0 aromatic carbocycles. The number of hydrogen-bond donors (Lipinski definition) is 1. The first-order valence-electron chi connectivity index (χ1n) is 5.63. The van der Waals surface area contributed by atoms with Gasteiger partial charge in [-0.3, -0.25) is 0 Å². The van der Waals surface area contributed by atoms with Crippen molar-refractivity contribution in [2.75, 3.05) is 19.8 Å². The van der Waals surface area contributed by atoms with E-state index in [1.54, 1.807) is 0 Å². The van der Waals surface area contributed by atoms with Gasteiger partial charge in [0.2, 0.25) is 0 Å². The number of hydrogen-bond acceptors (Lipinski definition) is 2. The summed E-state index contributed by atoms with van der Waals surface area (Å²) >= 11 is 0. The Kier molecular flexibility index (Phi) is 3.07. The molecule has 0 aromatic rings. The monoisotopic (exact) mass is 201 g/mol. The fraction of sp³-hybridized carbons (Fsp3) is 1.00. The molecule has 1 saturated carbocycles. The molecule has 2 aliphatic rings. The minimum atomic E-state index is -0.546. The van der Waals surface area contributed by atoms with Crippen LogP contribution in [0.2, 0.25) is 0 Å². The molecule has 1 saturated heterocycles. The number of alkyl halides is 1. The highest BCUT2D eigenvalue weighted by Gasteiger charge is 2.33. The van der Waals surface area contributed by atoms with E-state index >= 15 is 0 Å². The Morgan fingerprint density at radius 1 is 1.29 bits per heavy atom. The molecular formula is C11H20FNO. The van der Waals surface area contributed by atoms with Crippen LogP contribution in [0.1, 0.15) is 32.6 Å². The van der Waals surface area contributed by atoms with E-state index in [1.807, 2.05) is 0 Å². The van der Waals surface area contributed by atoms with E-state index in [-0.39, 0.29) is 0 Å². The van der Waals surface area contributed by atoms with Crippen LogP contribution in [0.25, 0.3) is 0 Å². The van der Waals surface area contributed by atoms with Crippen molar-refractivity contribution in [3.8, 4) is 0 Å². The minimum Gasteiger partial charge on any atom is -0.380 e. The van der Waals surface area contributed by atoms with Crippen LogP contribution in [0.15, 0.2) is 0 Å². The Morgan fingerprint density at radius 2 is 1.93 bits per heavy atom. The number of ether oxygens (including phenoxy) is 1. The van der Waals surface area contributed by atoms with Crippen molar-refractivity contribution in [3.05, 3.63) is 0 Å². The Morgan fingerprint density at radius 3 is 2.43 bits per heavy atom. The summed E-state index contributed by atoms with van der Waals surface area (Å²) in [5.41, 5.74) is 0.340. The second kappa shape index (κ2) is 4.15. The molecular weight excluding hydrogens is 181 g/mol. The molecule has 0 atom stereocenters. The summed E-state index contributed by atoms with van der Waals surface area (Å²) in [6, 6.07) is 0.541. The largest absolute Gasteiger partial charge is 0.380 e. The highest BCUT2D eigenvalue weighted by Crippen LogP contribution is 2.27. The van der Waals surface area contributed by atoms with Gasteiger partial charge in [0.15, 0.2) is 0 Å². The lowest BCUT2D eigenvalue weighted by Crippen LogP contribution is -2.50. The summed E-state index contributed by atoms with van der Waals surface area (Å²) in [7, 11) is 0. The maximum absolute atomic E-state index is 12.9. The summed E-state index contributed by atoms with van der Waals surface area (Å²) in [5, 5.41) is 3.54. The van der Waals surface area contributed by atoms with Crippen molar-refractivity contribution in [3.63, 3.8) is 0 Å². The third-order valence-corrected chi connectivity index (χ3v) is 3.38. The van der Waals surface area contributed by atoms with Gasteiger partial charge in [0.05, 0.1) is 13.2 Å². The standard InChI is InChI=1S/C11H20FNO/c1-11(7-14-8-11)6-13-10-4-2-9(12)3-5-10/h9-10,13H,2-8H2,1H3. The molecule has 0 spiro atoms. The third-order valence-electron chi connectivity index (χ3n) is 3.38. The van der Waals surface area contributed by atoms with Crippen molar-refractivity contribution in [1.82, 2.24) is 5.32 Å². The lowest BCUT2D eigenvalue weighted by Gasteiger charge is -2.40. The molecule has 2 fully saturated rings. The predicted octanol–water partition coefficient (Wildman–Crippen LogP) is 1.89. The van der Waals surface area contributed by atoms with Gasteiger partial charge in [-0.25, -0.2) is 4.39 Å². The van der Waals surface area contributed by atoms with Gasteiger partial charge >= 0.3 is 0 Å². The van der Waals surface area contributed by atoms with Crippen molar-refractivity contribution in [2.45, 2.75) is 44.8 Å². The molecule has 0 amide bonds. The topological polar surface area (TPSA) is 21.3 Å². The van der Waals surface area contributed by atoms with Gasteiger partial charge in [-0.15, -0.1) is 0 Å². The first-order chi connectivity index (χ1) is 6.68. The lowest BCUT2D eigenvalue weighted by molar-refractivity contribution is -0.100. The van der Waals surface area contributed by atoms with E-state index in [9.17, 15) is 4.39 Å². The van der Waals surface area contributed by atoms with Crippen LogP contribution in [0.5, 0.6) is 0 Å². The van der Waals surface area contributed by atoms with Crippen LogP contribution in [-0.2, 0) is 4.74 Å². The van der Waals surface area contributed by atoms with E-state index in [1.165, 1.54) is 0 Å². The van der Waals surface area contributed by atoms with E-state index < -0.39 is 6.17 Å². The van der Waals surface area contributed by atoms with Crippen LogP contribution in [0.3, 0.4) is 0 Å². The molecule has 1 heterocycles. The first-order valence-corrected chi connectivity index (χ1v) is 5.63. The average molecular weight is 201 g/mol. The molecule has 3 heteroatoms. The van der Waals surface area contributed by atoms with Crippen LogP contribution in [0.4, 0.5) is 4.39 Å². The van der Waals surface area contributed by atoms with Gasteiger partial charge in [0.25, 0.3) is 0 Å². The average Bonchev–Trinajstić information content (AvgIpc) is 2.14. The number of rotatable bonds is 3. The molecule has 0 aromatic heterocycles. The Labute approximate surface area is 85.2 Å². The van der Waals surface area contributed by atoms with Gasteiger partial charge in [-0.1, -0.05) is 6.92 Å². The van der Waals surface area contributed by atoms with Gasteiger partial charge < -0.3 is 10.1 Å². The normalized spacial score (nSPS) is 36.4. The van der Waals surface area contributed by atoms with E-state index in [2.05, 4.69) is 12.2 Å². The van der Waals surface area contributed by atoms with Crippen molar-refractivity contribution in [2.24, 2.45) is 5.41 Å².